The highest BCUT2D eigenvalue weighted by atomic mass is 19.1. The van der Waals surface area contributed by atoms with E-state index in [0.29, 0.717) is 22.7 Å². The summed E-state index contributed by atoms with van der Waals surface area (Å²) in [4.78, 5) is 30.7. The molecule has 2 N–H and O–H groups in total. The largest absolute Gasteiger partial charge is 0.454 e. The van der Waals surface area contributed by atoms with Gasteiger partial charge in [0.25, 0.3) is 5.56 Å². The molecule has 2 amide bonds. The number of nitrogens with zero attached hydrogens (tertiary/aromatic N) is 1. The molecule has 0 aliphatic carbocycles. The van der Waals surface area contributed by atoms with Crippen molar-refractivity contribution in [1.82, 2.24) is 9.88 Å². The third-order valence-corrected chi connectivity index (χ3v) is 6.18. The van der Waals surface area contributed by atoms with E-state index in [2.05, 4.69) is 10.3 Å². The van der Waals surface area contributed by atoms with Gasteiger partial charge in [-0.1, -0.05) is 18.2 Å². The van der Waals surface area contributed by atoms with Gasteiger partial charge in [0, 0.05) is 17.8 Å². The van der Waals surface area contributed by atoms with Crippen LogP contribution in [0.1, 0.15) is 22.3 Å². The number of H-pyrrole nitrogens is 1. The molecule has 7 nitrogen and oxygen atoms in total. The number of urea groups is 1. The Balaban J connectivity index is 1.47. The van der Waals surface area contributed by atoms with Gasteiger partial charge < -0.3 is 24.7 Å². The topological polar surface area (TPSA) is 83.7 Å². The highest BCUT2D eigenvalue weighted by molar-refractivity contribution is 5.89. The van der Waals surface area contributed by atoms with Crippen LogP contribution in [0.2, 0.25) is 0 Å². The minimum atomic E-state index is -0.422. The van der Waals surface area contributed by atoms with Crippen molar-refractivity contribution in [2.24, 2.45) is 0 Å². The van der Waals surface area contributed by atoms with Gasteiger partial charge in [-0.15, -0.1) is 0 Å². The summed E-state index contributed by atoms with van der Waals surface area (Å²) in [5.41, 5.74) is 4.35. The molecule has 0 saturated heterocycles. The van der Waals surface area contributed by atoms with Crippen molar-refractivity contribution in [2.75, 3.05) is 12.1 Å². The Morgan fingerprint density at radius 1 is 1.00 bits per heavy atom. The number of halogens is 1. The van der Waals surface area contributed by atoms with Crippen LogP contribution in [0, 0.1) is 19.7 Å². The van der Waals surface area contributed by atoms with Gasteiger partial charge in [0.2, 0.25) is 6.79 Å². The molecular weight excluding hydrogens is 449 g/mol. The minimum absolute atomic E-state index is 0.0691. The van der Waals surface area contributed by atoms with Crippen molar-refractivity contribution < 1.29 is 18.7 Å². The zero-order valence-corrected chi connectivity index (χ0v) is 19.4. The Kier molecular flexibility index (Phi) is 5.86. The molecule has 5 rings (SSSR count). The second kappa shape index (κ2) is 9.13. The fraction of sp³-hybridized carbons (Fsp3) is 0.185. The Labute approximate surface area is 201 Å². The van der Waals surface area contributed by atoms with E-state index < -0.39 is 11.8 Å². The number of pyridine rings is 1. The lowest BCUT2D eigenvalue weighted by atomic mass is 10.0. The number of carbonyl (C=O) groups excluding carboxylic acids is 1. The fourth-order valence-corrected chi connectivity index (χ4v) is 4.09. The van der Waals surface area contributed by atoms with E-state index in [0.717, 1.165) is 27.6 Å². The standard InChI is InChI=1S/C27H24FN3O4/c1-16-3-5-19-12-20(26(32)30-25(19)17(16)2)14-31(27(33)29-22-8-6-21(28)7-9-22)13-18-4-10-23-24(11-18)35-15-34-23/h3-12H,13-15H2,1-2H3,(H,29,33)(H,30,32). The van der Waals surface area contributed by atoms with E-state index >= 15 is 0 Å². The zero-order chi connectivity index (χ0) is 24.5. The van der Waals surface area contributed by atoms with Crippen LogP contribution in [0.25, 0.3) is 10.9 Å². The van der Waals surface area contributed by atoms with Crippen molar-refractivity contribution >= 4 is 22.6 Å². The molecular formula is C27H24FN3O4. The number of hydrogen-bond donors (Lipinski definition) is 2. The smallest absolute Gasteiger partial charge is 0.322 e. The number of benzene rings is 3. The van der Waals surface area contributed by atoms with Crippen molar-refractivity contribution in [2.45, 2.75) is 26.9 Å². The van der Waals surface area contributed by atoms with Crippen LogP contribution in [0.15, 0.2) is 65.5 Å². The summed E-state index contributed by atoms with van der Waals surface area (Å²) in [6.45, 7) is 4.40. The molecule has 0 bridgehead atoms. The van der Waals surface area contributed by atoms with Gasteiger partial charge in [-0.25, -0.2) is 9.18 Å². The summed E-state index contributed by atoms with van der Waals surface area (Å²) < 4.78 is 24.1. The third-order valence-electron chi connectivity index (χ3n) is 6.18. The first-order valence-corrected chi connectivity index (χ1v) is 11.2. The molecule has 1 aromatic heterocycles. The van der Waals surface area contributed by atoms with E-state index in [1.165, 1.54) is 29.2 Å². The number of amides is 2. The molecule has 3 aromatic carbocycles. The van der Waals surface area contributed by atoms with Gasteiger partial charge >= 0.3 is 6.03 Å². The lowest BCUT2D eigenvalue weighted by Gasteiger charge is -2.23. The highest BCUT2D eigenvalue weighted by Gasteiger charge is 2.20. The number of aryl methyl sites for hydroxylation is 2. The van der Waals surface area contributed by atoms with Crippen molar-refractivity contribution in [3.63, 3.8) is 0 Å². The molecule has 178 valence electrons. The Bertz CT molecular complexity index is 1480. The number of aromatic amines is 1. The molecule has 0 saturated carbocycles. The number of anilines is 1. The van der Waals surface area contributed by atoms with Crippen molar-refractivity contribution in [3.8, 4) is 11.5 Å². The lowest BCUT2D eigenvalue weighted by molar-refractivity contribution is 0.174. The van der Waals surface area contributed by atoms with E-state index in [1.807, 2.05) is 44.2 Å². The second-order valence-electron chi connectivity index (χ2n) is 8.58. The molecule has 2 heterocycles. The van der Waals surface area contributed by atoms with Crippen LogP contribution in [-0.4, -0.2) is 22.7 Å². The summed E-state index contributed by atoms with van der Waals surface area (Å²) in [7, 11) is 0. The predicted molar refractivity (Wildman–Crippen MR) is 131 cm³/mol. The Morgan fingerprint density at radius 2 is 1.77 bits per heavy atom. The van der Waals surface area contributed by atoms with Gasteiger partial charge in [0.1, 0.15) is 5.82 Å². The van der Waals surface area contributed by atoms with E-state index in [-0.39, 0.29) is 25.4 Å². The first-order chi connectivity index (χ1) is 16.9. The molecule has 8 heteroatoms. The van der Waals surface area contributed by atoms with Crippen LogP contribution in [0.4, 0.5) is 14.9 Å². The average Bonchev–Trinajstić information content (AvgIpc) is 3.31. The Morgan fingerprint density at radius 3 is 2.57 bits per heavy atom. The third kappa shape index (κ3) is 4.68. The summed E-state index contributed by atoms with van der Waals surface area (Å²) in [6, 6.07) is 16.3. The first kappa shape index (κ1) is 22.5. The minimum Gasteiger partial charge on any atom is -0.454 e. The SMILES string of the molecule is Cc1ccc2cc(CN(Cc3ccc4c(c3)OCO4)C(=O)Nc3ccc(F)cc3)c(=O)[nH]c2c1C. The Hall–Kier alpha value is -4.33. The van der Waals surface area contributed by atoms with Gasteiger partial charge in [-0.3, -0.25) is 4.79 Å². The van der Waals surface area contributed by atoms with Crippen LogP contribution in [0.3, 0.4) is 0 Å². The number of hydrogen-bond acceptors (Lipinski definition) is 4. The van der Waals surface area contributed by atoms with E-state index in [1.54, 1.807) is 6.07 Å². The molecule has 0 fully saturated rings. The maximum Gasteiger partial charge on any atom is 0.322 e. The lowest BCUT2D eigenvalue weighted by Crippen LogP contribution is -2.35. The van der Waals surface area contributed by atoms with Gasteiger partial charge in [0.05, 0.1) is 12.1 Å². The molecule has 0 atom stereocenters. The van der Waals surface area contributed by atoms with E-state index in [9.17, 15) is 14.0 Å². The highest BCUT2D eigenvalue weighted by Crippen LogP contribution is 2.33. The van der Waals surface area contributed by atoms with Crippen molar-refractivity contribution in [3.05, 3.63) is 99.1 Å². The molecule has 4 aromatic rings. The molecule has 1 aliphatic rings. The van der Waals surface area contributed by atoms with Gasteiger partial charge in [-0.05, 0) is 78.4 Å². The number of ether oxygens (including phenoxy) is 2. The summed E-state index contributed by atoms with van der Waals surface area (Å²) in [5.74, 6) is 0.858. The second-order valence-corrected chi connectivity index (χ2v) is 8.58. The maximum atomic E-state index is 13.3. The predicted octanol–water partition coefficient (Wildman–Crippen LogP) is 5.25. The van der Waals surface area contributed by atoms with Crippen LogP contribution < -0.4 is 20.3 Å². The fourth-order valence-electron chi connectivity index (χ4n) is 4.09. The molecule has 0 radical (unpaired) electrons. The van der Waals surface area contributed by atoms with Crippen molar-refractivity contribution in [1.29, 1.82) is 0 Å². The molecule has 1 aliphatic heterocycles. The molecule has 35 heavy (non-hydrogen) atoms. The monoisotopic (exact) mass is 473 g/mol. The number of rotatable bonds is 5. The van der Waals surface area contributed by atoms with Crippen LogP contribution >= 0.6 is 0 Å². The molecule has 0 unspecified atom stereocenters. The summed E-state index contributed by atoms with van der Waals surface area (Å²) >= 11 is 0. The first-order valence-electron chi connectivity index (χ1n) is 11.2. The number of aromatic nitrogens is 1. The summed E-state index contributed by atoms with van der Waals surface area (Å²) in [6.07, 6.45) is 0. The van der Waals surface area contributed by atoms with E-state index in [4.69, 9.17) is 9.47 Å². The quantitative estimate of drug-likeness (QED) is 0.415. The number of nitrogens with one attached hydrogen (secondary N) is 2. The number of carbonyl (C=O) groups is 1. The maximum absolute atomic E-state index is 13.3. The zero-order valence-electron chi connectivity index (χ0n) is 19.4. The average molecular weight is 474 g/mol. The van der Waals surface area contributed by atoms with Crippen LogP contribution in [0.5, 0.6) is 11.5 Å². The normalized spacial score (nSPS) is 12.1. The molecule has 0 spiro atoms. The number of fused-ring (bicyclic) bond motifs is 2. The van der Waals surface area contributed by atoms with Gasteiger partial charge in [0.15, 0.2) is 11.5 Å². The van der Waals surface area contributed by atoms with Gasteiger partial charge in [-0.2, -0.15) is 0 Å². The van der Waals surface area contributed by atoms with Crippen LogP contribution in [-0.2, 0) is 13.1 Å². The summed E-state index contributed by atoms with van der Waals surface area (Å²) in [5, 5.41) is 3.68.